The predicted molar refractivity (Wildman–Crippen MR) is 75.1 cm³/mol. The van der Waals surface area contributed by atoms with Crippen molar-refractivity contribution in [1.82, 2.24) is 10.2 Å². The number of aromatic nitrogens is 2. The fourth-order valence-corrected chi connectivity index (χ4v) is 2.38. The van der Waals surface area contributed by atoms with Gasteiger partial charge in [0.1, 0.15) is 0 Å². The molecule has 2 heteroatoms. The third-order valence-electron chi connectivity index (χ3n) is 3.89. The van der Waals surface area contributed by atoms with Crippen molar-refractivity contribution >= 4 is 6.08 Å². The van der Waals surface area contributed by atoms with Crippen LogP contribution in [0.25, 0.3) is 6.08 Å². The monoisotopic (exact) mass is 234 g/mol. The fourth-order valence-electron chi connectivity index (χ4n) is 2.38. The van der Waals surface area contributed by atoms with Crippen LogP contribution in [0.1, 0.15) is 70.6 Å². The molecule has 0 aliphatic rings. The smallest absolute Gasteiger partial charge is 0.0609 e. The van der Waals surface area contributed by atoms with Crippen molar-refractivity contribution < 1.29 is 0 Å². The van der Waals surface area contributed by atoms with Crippen molar-refractivity contribution in [3.8, 4) is 0 Å². The summed E-state index contributed by atoms with van der Waals surface area (Å²) in [6, 6.07) is 0. The number of rotatable bonds is 8. The van der Waals surface area contributed by atoms with Gasteiger partial charge in [0, 0.05) is 5.56 Å². The van der Waals surface area contributed by atoms with Crippen molar-refractivity contribution in [1.29, 1.82) is 0 Å². The lowest BCUT2D eigenvalue weighted by Gasteiger charge is -2.28. The van der Waals surface area contributed by atoms with E-state index >= 15 is 0 Å². The van der Waals surface area contributed by atoms with Crippen molar-refractivity contribution in [3.63, 3.8) is 0 Å². The Morgan fingerprint density at radius 1 is 1.35 bits per heavy atom. The van der Waals surface area contributed by atoms with Gasteiger partial charge in [-0.1, -0.05) is 53.0 Å². The van der Waals surface area contributed by atoms with Crippen LogP contribution in [0.5, 0.6) is 0 Å². The van der Waals surface area contributed by atoms with E-state index in [-0.39, 0.29) is 5.41 Å². The van der Waals surface area contributed by atoms with Crippen molar-refractivity contribution in [2.24, 2.45) is 0 Å². The molecule has 0 aliphatic heterocycles. The van der Waals surface area contributed by atoms with Gasteiger partial charge in [-0.2, -0.15) is 5.10 Å². The standard InChI is InChI=1S/C15H26N2/c1-5-8-9-10-11-15(4,7-3)13-12-16-17-14(13)6-2/h6,12H,2,5,7-11H2,1,3-4H3,(H,16,17). The minimum Gasteiger partial charge on any atom is -0.278 e. The normalized spacial score (nSPS) is 14.5. The third-order valence-corrected chi connectivity index (χ3v) is 3.89. The molecule has 1 rings (SSSR count). The summed E-state index contributed by atoms with van der Waals surface area (Å²) in [6.45, 7) is 10.7. The van der Waals surface area contributed by atoms with Crippen molar-refractivity contribution in [2.75, 3.05) is 0 Å². The lowest BCUT2D eigenvalue weighted by Crippen LogP contribution is -2.21. The zero-order valence-electron chi connectivity index (χ0n) is 11.6. The topological polar surface area (TPSA) is 28.7 Å². The zero-order chi connectivity index (χ0) is 12.7. The molecule has 0 spiro atoms. The Bertz CT molecular complexity index is 340. The Morgan fingerprint density at radius 2 is 2.12 bits per heavy atom. The fraction of sp³-hybridized carbons (Fsp3) is 0.667. The Hall–Kier alpha value is -1.05. The third kappa shape index (κ3) is 3.45. The SMILES string of the molecule is C=Cc1[nH]ncc1C(C)(CC)CCCCCC. The summed E-state index contributed by atoms with van der Waals surface area (Å²) >= 11 is 0. The maximum absolute atomic E-state index is 4.16. The van der Waals surface area contributed by atoms with Crippen LogP contribution in [0.3, 0.4) is 0 Å². The van der Waals surface area contributed by atoms with Crippen LogP contribution in [0, 0.1) is 0 Å². The number of unbranched alkanes of at least 4 members (excludes halogenated alkanes) is 3. The van der Waals surface area contributed by atoms with Crippen LogP contribution in [0.2, 0.25) is 0 Å². The van der Waals surface area contributed by atoms with Crippen LogP contribution in [0.4, 0.5) is 0 Å². The van der Waals surface area contributed by atoms with Crippen LogP contribution in [-0.2, 0) is 5.41 Å². The second-order valence-corrected chi connectivity index (χ2v) is 5.13. The summed E-state index contributed by atoms with van der Waals surface area (Å²) in [7, 11) is 0. The molecule has 96 valence electrons. The van der Waals surface area contributed by atoms with Crippen LogP contribution in [-0.4, -0.2) is 10.2 Å². The predicted octanol–water partition coefficient (Wildman–Crippen LogP) is 4.69. The Labute approximate surface area is 106 Å². The van der Waals surface area contributed by atoms with Gasteiger partial charge in [-0.3, -0.25) is 5.10 Å². The van der Waals surface area contributed by atoms with Gasteiger partial charge in [0.05, 0.1) is 11.9 Å². The van der Waals surface area contributed by atoms with Gasteiger partial charge in [-0.25, -0.2) is 0 Å². The number of hydrogen-bond acceptors (Lipinski definition) is 1. The summed E-state index contributed by atoms with van der Waals surface area (Å²) in [4.78, 5) is 0. The van der Waals surface area contributed by atoms with E-state index in [4.69, 9.17) is 0 Å². The second kappa shape index (κ2) is 6.63. The largest absolute Gasteiger partial charge is 0.278 e. The van der Waals surface area contributed by atoms with Gasteiger partial charge in [0.15, 0.2) is 0 Å². The van der Waals surface area contributed by atoms with Gasteiger partial charge in [-0.15, -0.1) is 0 Å². The Morgan fingerprint density at radius 3 is 2.71 bits per heavy atom. The molecule has 0 amide bonds. The molecule has 0 saturated heterocycles. The van der Waals surface area contributed by atoms with E-state index in [1.807, 2.05) is 12.3 Å². The summed E-state index contributed by atoms with van der Waals surface area (Å²) in [5.41, 5.74) is 2.65. The molecule has 1 aromatic rings. The number of nitrogens with zero attached hydrogens (tertiary/aromatic N) is 1. The van der Waals surface area contributed by atoms with Crippen molar-refractivity contribution in [3.05, 3.63) is 24.0 Å². The van der Waals surface area contributed by atoms with Gasteiger partial charge < -0.3 is 0 Å². The number of aromatic amines is 1. The lowest BCUT2D eigenvalue weighted by molar-refractivity contribution is 0.395. The number of H-pyrrole nitrogens is 1. The Balaban J connectivity index is 2.70. The highest BCUT2D eigenvalue weighted by Crippen LogP contribution is 2.34. The first-order chi connectivity index (χ1) is 8.18. The summed E-state index contributed by atoms with van der Waals surface area (Å²) in [5, 5.41) is 7.18. The highest BCUT2D eigenvalue weighted by atomic mass is 15.1. The average Bonchev–Trinajstić information content (AvgIpc) is 2.83. The van der Waals surface area contributed by atoms with Crippen molar-refractivity contribution in [2.45, 2.75) is 64.7 Å². The minimum atomic E-state index is 0.240. The van der Waals surface area contributed by atoms with E-state index in [2.05, 4.69) is 37.5 Å². The highest BCUT2D eigenvalue weighted by Gasteiger charge is 2.27. The molecule has 0 aromatic carbocycles. The molecule has 0 bridgehead atoms. The van der Waals surface area contributed by atoms with E-state index in [1.165, 1.54) is 37.7 Å². The molecular formula is C15H26N2. The maximum atomic E-state index is 4.16. The van der Waals surface area contributed by atoms with Crippen LogP contribution in [0.15, 0.2) is 12.8 Å². The first kappa shape index (κ1) is 14.0. The van der Waals surface area contributed by atoms with Crippen LogP contribution >= 0.6 is 0 Å². The molecule has 0 radical (unpaired) electrons. The van der Waals surface area contributed by atoms with Crippen LogP contribution < -0.4 is 0 Å². The van der Waals surface area contributed by atoms with Gasteiger partial charge in [0.2, 0.25) is 0 Å². The molecule has 1 unspecified atom stereocenters. The number of nitrogens with one attached hydrogen (secondary N) is 1. The molecule has 0 saturated carbocycles. The van der Waals surface area contributed by atoms with Gasteiger partial charge >= 0.3 is 0 Å². The summed E-state index contributed by atoms with van der Waals surface area (Å²) < 4.78 is 0. The van der Waals surface area contributed by atoms with Gasteiger partial charge in [-0.05, 0) is 24.3 Å². The molecule has 1 atom stereocenters. The van der Waals surface area contributed by atoms with Gasteiger partial charge in [0.25, 0.3) is 0 Å². The first-order valence-electron chi connectivity index (χ1n) is 6.84. The molecular weight excluding hydrogens is 208 g/mol. The summed E-state index contributed by atoms with van der Waals surface area (Å²) in [6.07, 6.45) is 11.5. The molecule has 0 aliphatic carbocycles. The molecule has 1 heterocycles. The quantitative estimate of drug-likeness (QED) is 0.649. The van der Waals surface area contributed by atoms with E-state index in [0.717, 1.165) is 12.1 Å². The van der Waals surface area contributed by atoms with E-state index in [1.54, 1.807) is 0 Å². The zero-order valence-corrected chi connectivity index (χ0v) is 11.6. The molecule has 0 fully saturated rings. The highest BCUT2D eigenvalue weighted by molar-refractivity contribution is 5.48. The number of hydrogen-bond donors (Lipinski definition) is 1. The lowest BCUT2D eigenvalue weighted by atomic mass is 9.76. The molecule has 17 heavy (non-hydrogen) atoms. The minimum absolute atomic E-state index is 0.240. The van der Waals surface area contributed by atoms with E-state index in [0.29, 0.717) is 0 Å². The Kier molecular flexibility index (Phi) is 5.46. The first-order valence-corrected chi connectivity index (χ1v) is 6.84. The average molecular weight is 234 g/mol. The second-order valence-electron chi connectivity index (χ2n) is 5.13. The summed E-state index contributed by atoms with van der Waals surface area (Å²) in [5.74, 6) is 0. The molecule has 1 aromatic heterocycles. The molecule has 2 nitrogen and oxygen atoms in total. The molecule has 1 N–H and O–H groups in total. The van der Waals surface area contributed by atoms with E-state index in [9.17, 15) is 0 Å². The van der Waals surface area contributed by atoms with E-state index < -0.39 is 0 Å². The maximum Gasteiger partial charge on any atom is 0.0609 e.